The van der Waals surface area contributed by atoms with E-state index in [-0.39, 0.29) is 26.6 Å². The number of nitrogens with zero attached hydrogens (tertiary/aromatic N) is 4. The summed E-state index contributed by atoms with van der Waals surface area (Å²) in [7, 11) is 0. The molecule has 0 bridgehead atoms. The van der Waals surface area contributed by atoms with Crippen LogP contribution in [0.25, 0.3) is 22.6 Å². The normalized spacial score (nSPS) is 11.2. The molecule has 4 aromatic heterocycles. The molecule has 0 N–H and O–H groups in total. The minimum Gasteiger partial charge on any atom is -0.333 e. The number of hydrogen-bond acceptors (Lipinski definition) is 5. The molecule has 29 heavy (non-hydrogen) atoms. The van der Waals surface area contributed by atoms with Crippen molar-refractivity contribution >= 4 is 11.3 Å². The second-order valence-electron chi connectivity index (χ2n) is 6.63. The van der Waals surface area contributed by atoms with Gasteiger partial charge in [0.25, 0.3) is 0 Å². The first-order valence-electron chi connectivity index (χ1n) is 8.46. The predicted octanol–water partition coefficient (Wildman–Crippen LogP) is 4.86. The van der Waals surface area contributed by atoms with Crippen molar-refractivity contribution in [1.82, 2.24) is 19.9 Å². The predicted molar refractivity (Wildman–Crippen MR) is 103 cm³/mol. The molecule has 4 heterocycles. The Morgan fingerprint density at radius 3 is 2.21 bits per heavy atom. The number of aromatic nitrogens is 4. The molecule has 4 aromatic rings. The molecular formula is C21H14F2N4PtS. The summed E-state index contributed by atoms with van der Waals surface area (Å²) >= 11 is 1.39. The first-order chi connectivity index (χ1) is 13.4. The second-order valence-corrected chi connectivity index (χ2v) is 7.28. The van der Waals surface area contributed by atoms with Gasteiger partial charge >= 0.3 is 21.1 Å². The van der Waals surface area contributed by atoms with Crippen LogP contribution in [0.3, 0.4) is 0 Å². The molecule has 0 spiro atoms. The number of pyridine rings is 3. The summed E-state index contributed by atoms with van der Waals surface area (Å²) in [6.07, 6.45) is 0. The molecule has 0 aromatic carbocycles. The van der Waals surface area contributed by atoms with E-state index in [1.807, 2.05) is 38.1 Å². The van der Waals surface area contributed by atoms with Crippen molar-refractivity contribution in [1.29, 1.82) is 0 Å². The Bertz CT molecular complexity index is 1130. The zero-order valence-electron chi connectivity index (χ0n) is 15.4. The van der Waals surface area contributed by atoms with Crippen molar-refractivity contribution in [2.24, 2.45) is 0 Å². The largest absolute Gasteiger partial charge is 2.00 e. The molecule has 0 saturated carbocycles. The van der Waals surface area contributed by atoms with Gasteiger partial charge in [-0.25, -0.2) is 8.78 Å². The van der Waals surface area contributed by atoms with Gasteiger partial charge in [-0.05, 0) is 48.6 Å². The van der Waals surface area contributed by atoms with Crippen LogP contribution >= 0.6 is 11.3 Å². The van der Waals surface area contributed by atoms with Gasteiger partial charge in [-0.15, -0.1) is 6.07 Å². The Balaban J connectivity index is 0.00000240. The third-order valence-electron chi connectivity index (χ3n) is 4.41. The fourth-order valence-electron chi connectivity index (χ4n) is 2.83. The minimum absolute atomic E-state index is 0. The average molecular weight is 588 g/mol. The maximum absolute atomic E-state index is 14.1. The zero-order chi connectivity index (χ0) is 19.7. The maximum atomic E-state index is 14.1. The summed E-state index contributed by atoms with van der Waals surface area (Å²) in [5.74, 6) is -1.86. The quantitative estimate of drug-likeness (QED) is 0.253. The average Bonchev–Trinajstić information content (AvgIpc) is 3.23. The summed E-state index contributed by atoms with van der Waals surface area (Å²) in [5, 5.41) is 3.08. The molecule has 0 fully saturated rings. The monoisotopic (exact) mass is 587 g/mol. The second kappa shape index (κ2) is 8.55. The summed E-state index contributed by atoms with van der Waals surface area (Å²) in [6, 6.07) is 14.5. The maximum Gasteiger partial charge on any atom is 2.00 e. The topological polar surface area (TPSA) is 51.6 Å². The van der Waals surface area contributed by atoms with E-state index in [0.29, 0.717) is 17.1 Å². The molecule has 8 heteroatoms. The Morgan fingerprint density at radius 1 is 0.931 bits per heavy atom. The molecule has 4 nitrogen and oxygen atoms in total. The van der Waals surface area contributed by atoms with Crippen molar-refractivity contribution < 1.29 is 29.8 Å². The van der Waals surface area contributed by atoms with Crippen LogP contribution in [-0.2, 0) is 26.5 Å². The number of halogens is 2. The van der Waals surface area contributed by atoms with Crippen LogP contribution < -0.4 is 0 Å². The van der Waals surface area contributed by atoms with Crippen molar-refractivity contribution in [3.63, 3.8) is 0 Å². The van der Waals surface area contributed by atoms with Gasteiger partial charge in [-0.3, -0.25) is 16.3 Å². The number of thiazole rings is 1. The van der Waals surface area contributed by atoms with E-state index in [1.165, 1.54) is 11.3 Å². The van der Waals surface area contributed by atoms with E-state index >= 15 is 0 Å². The third kappa shape index (κ3) is 4.31. The van der Waals surface area contributed by atoms with Crippen LogP contribution in [0.1, 0.15) is 25.2 Å². The van der Waals surface area contributed by atoms with Crippen LogP contribution in [0.5, 0.6) is 0 Å². The Labute approximate surface area is 185 Å². The molecule has 148 valence electrons. The molecule has 0 radical (unpaired) electrons. The summed E-state index contributed by atoms with van der Waals surface area (Å²) < 4.78 is 27.1. The molecule has 0 unspecified atom stereocenters. The van der Waals surface area contributed by atoms with Gasteiger partial charge in [-0.1, -0.05) is 41.3 Å². The Morgan fingerprint density at radius 2 is 1.59 bits per heavy atom. The van der Waals surface area contributed by atoms with Gasteiger partial charge in [0, 0.05) is 16.8 Å². The van der Waals surface area contributed by atoms with E-state index in [9.17, 15) is 8.78 Å². The van der Waals surface area contributed by atoms with Gasteiger partial charge in [-0.2, -0.15) is 0 Å². The smallest absolute Gasteiger partial charge is 0.333 e. The van der Waals surface area contributed by atoms with Gasteiger partial charge in [0.05, 0.1) is 0 Å². The standard InChI is InChI=1S/C21H14F2N4S.Pt/c1-21(2,18-8-4-6-15(26-18)16-11-28-12-24-16)17-7-3-5-14(25-17)13-9-10-19(22)27-20(13)23;/h3-8,10,12H,1-2H3;/q-2;+2. The number of hydrogen-bond donors (Lipinski definition) is 0. The van der Waals surface area contributed by atoms with Crippen LogP contribution in [0.4, 0.5) is 8.78 Å². The van der Waals surface area contributed by atoms with Crippen molar-refractivity contribution in [3.05, 3.63) is 82.7 Å². The zero-order valence-corrected chi connectivity index (χ0v) is 18.5. The minimum atomic E-state index is -0.943. The summed E-state index contributed by atoms with van der Waals surface area (Å²) in [6.45, 7) is 3.97. The first-order valence-corrected chi connectivity index (χ1v) is 9.34. The van der Waals surface area contributed by atoms with Crippen LogP contribution in [0, 0.1) is 23.3 Å². The SMILES string of the molecule is CC(C)(c1cccc(-c2[c-]scn2)n1)c1cccc(-c2[c-]cc(F)nc2F)n1.[Pt+2]. The van der Waals surface area contributed by atoms with Crippen LogP contribution in [0.15, 0.2) is 48.0 Å². The van der Waals surface area contributed by atoms with E-state index in [2.05, 4.69) is 26.4 Å². The van der Waals surface area contributed by atoms with Gasteiger partial charge < -0.3 is 15.0 Å². The van der Waals surface area contributed by atoms with E-state index in [1.54, 1.807) is 17.6 Å². The fraction of sp³-hybridized carbons (Fsp3) is 0.143. The molecule has 0 aliphatic heterocycles. The molecule has 0 amide bonds. The molecule has 0 aliphatic carbocycles. The van der Waals surface area contributed by atoms with Gasteiger partial charge in [0.1, 0.15) is 11.9 Å². The fourth-order valence-corrected chi connectivity index (χ4v) is 3.31. The first kappa shape index (κ1) is 21.3. The molecule has 0 aliphatic rings. The van der Waals surface area contributed by atoms with Gasteiger partial charge in [0.15, 0.2) is 0 Å². The van der Waals surface area contributed by atoms with Crippen LogP contribution in [0.2, 0.25) is 0 Å². The van der Waals surface area contributed by atoms with Crippen LogP contribution in [-0.4, -0.2) is 19.9 Å². The molecular weight excluding hydrogens is 573 g/mol. The summed E-state index contributed by atoms with van der Waals surface area (Å²) in [5.41, 5.74) is 4.40. The van der Waals surface area contributed by atoms with Crippen molar-refractivity contribution in [3.8, 4) is 22.6 Å². The third-order valence-corrected chi connectivity index (χ3v) is 4.94. The van der Waals surface area contributed by atoms with Crippen molar-refractivity contribution in [2.45, 2.75) is 19.3 Å². The van der Waals surface area contributed by atoms with E-state index < -0.39 is 17.3 Å². The van der Waals surface area contributed by atoms with E-state index in [4.69, 9.17) is 4.98 Å². The van der Waals surface area contributed by atoms with E-state index in [0.717, 1.165) is 17.5 Å². The number of rotatable bonds is 4. The Hall–Kier alpha value is -2.37. The molecule has 4 rings (SSSR count). The van der Waals surface area contributed by atoms with Gasteiger partial charge in [0.2, 0.25) is 0 Å². The Kier molecular flexibility index (Phi) is 6.29. The molecule has 0 atom stereocenters. The van der Waals surface area contributed by atoms with Crippen molar-refractivity contribution in [2.75, 3.05) is 0 Å². The molecule has 0 saturated heterocycles. The summed E-state index contributed by atoms with van der Waals surface area (Å²) in [4.78, 5) is 16.8.